The van der Waals surface area contributed by atoms with Crippen molar-refractivity contribution in [2.45, 2.75) is 0 Å². The van der Waals surface area contributed by atoms with Crippen molar-refractivity contribution in [2.75, 3.05) is 0 Å². The number of benzene rings is 2. The van der Waals surface area contributed by atoms with E-state index < -0.39 is 11.3 Å². The predicted octanol–water partition coefficient (Wildman–Crippen LogP) is 3.52. The minimum Gasteiger partial charge on any atom is -0.258 e. The molecule has 0 spiro atoms. The first-order valence-electron chi connectivity index (χ1n) is 4.45. The highest BCUT2D eigenvalue weighted by Crippen LogP contribution is 2.29. The van der Waals surface area contributed by atoms with Crippen LogP contribution in [0.2, 0.25) is 0 Å². The molecule has 0 saturated heterocycles. The van der Waals surface area contributed by atoms with E-state index in [4.69, 9.17) is 0 Å². The molecule has 0 unspecified atom stereocenters. The summed E-state index contributed by atoms with van der Waals surface area (Å²) in [4.78, 5) is 9.96. The molecule has 5 heteroatoms. The number of fused-ring (bicyclic) bond motifs is 1. The van der Waals surface area contributed by atoms with E-state index in [1.54, 1.807) is 6.07 Å². The van der Waals surface area contributed by atoms with E-state index in [0.29, 0.717) is 10.8 Å². The molecule has 2 rings (SSSR count). The lowest BCUT2D eigenvalue weighted by atomic mass is 10.0. The molecule has 1 radical (unpaired) electrons. The van der Waals surface area contributed by atoms with Gasteiger partial charge in [-0.05, 0) is 16.8 Å². The second-order valence-electron chi connectivity index (χ2n) is 3.23. The number of halogens is 2. The normalized spacial score (nSPS) is 10.9. The summed E-state index contributed by atoms with van der Waals surface area (Å²) < 4.78 is 25.1. The minimum absolute atomic E-state index is 0.107. The molecule has 0 N–H and O–H groups in total. The Labute approximate surface area is 89.5 Å². The van der Waals surface area contributed by atoms with E-state index in [0.717, 1.165) is 0 Å². The number of non-ortho nitro benzene ring substituents is 1. The van der Waals surface area contributed by atoms with Gasteiger partial charge in [0, 0.05) is 17.7 Å². The fourth-order valence-electron chi connectivity index (χ4n) is 1.55. The number of nitrogens with zero attached hydrogens (tertiary/aromatic N) is 1. The molecule has 0 aromatic heterocycles. The molecule has 81 valence electrons. The lowest BCUT2D eigenvalue weighted by molar-refractivity contribution is -0.384. The molecule has 3 nitrogen and oxygen atoms in total. The van der Waals surface area contributed by atoms with Crippen LogP contribution in [0, 0.1) is 16.5 Å². The van der Waals surface area contributed by atoms with Crippen LogP contribution in [0.1, 0.15) is 5.56 Å². The fraction of sp³-hybridized carbons (Fsp3) is 0. The van der Waals surface area contributed by atoms with Crippen molar-refractivity contribution < 1.29 is 13.7 Å². The molecule has 0 aliphatic heterocycles. The van der Waals surface area contributed by atoms with Gasteiger partial charge in [0.2, 0.25) is 0 Å². The van der Waals surface area contributed by atoms with E-state index in [1.807, 2.05) is 0 Å². The maximum absolute atomic E-state index is 12.5. The molecular weight excluding hydrogens is 216 g/mol. The monoisotopic (exact) mass is 222 g/mol. The summed E-state index contributed by atoms with van der Waals surface area (Å²) in [5.74, 6) is 0. The molecule has 0 fully saturated rings. The molecule has 0 amide bonds. The second kappa shape index (κ2) is 3.84. The fourth-order valence-corrected chi connectivity index (χ4v) is 1.55. The van der Waals surface area contributed by atoms with E-state index >= 15 is 0 Å². The Morgan fingerprint density at radius 1 is 1.19 bits per heavy atom. The van der Waals surface area contributed by atoms with E-state index in [2.05, 4.69) is 0 Å². The van der Waals surface area contributed by atoms with Crippen LogP contribution in [-0.2, 0) is 0 Å². The molecule has 16 heavy (non-hydrogen) atoms. The molecule has 0 bridgehead atoms. The summed E-state index contributed by atoms with van der Waals surface area (Å²) in [5.41, 5.74) is -0.295. The van der Waals surface area contributed by atoms with Gasteiger partial charge < -0.3 is 0 Å². The molecule has 0 atom stereocenters. The standard InChI is InChI=1S/C11H6F2NO2/c12-11(13)10-3-1-2-7-6-8(14(15)16)4-5-9(7)10/h1-6H. The minimum atomic E-state index is -1.79. The van der Waals surface area contributed by atoms with Crippen LogP contribution in [0.4, 0.5) is 14.5 Å². The summed E-state index contributed by atoms with van der Waals surface area (Å²) in [6.45, 7) is 0. The topological polar surface area (TPSA) is 43.1 Å². The Bertz CT molecular complexity index is 555. The quantitative estimate of drug-likeness (QED) is 0.576. The van der Waals surface area contributed by atoms with Gasteiger partial charge in [-0.2, -0.15) is 8.78 Å². The van der Waals surface area contributed by atoms with Crippen LogP contribution in [-0.4, -0.2) is 4.92 Å². The molecule has 2 aromatic rings. The zero-order valence-electron chi connectivity index (χ0n) is 7.98. The van der Waals surface area contributed by atoms with Crippen LogP contribution in [0.25, 0.3) is 10.8 Å². The third-order valence-corrected chi connectivity index (χ3v) is 2.28. The highest BCUT2D eigenvalue weighted by molar-refractivity contribution is 5.88. The van der Waals surface area contributed by atoms with Gasteiger partial charge in [0.15, 0.2) is 0 Å². The smallest absolute Gasteiger partial charge is 0.258 e. The Hall–Kier alpha value is -2.04. The third-order valence-electron chi connectivity index (χ3n) is 2.28. The van der Waals surface area contributed by atoms with Gasteiger partial charge in [-0.3, -0.25) is 10.1 Å². The molecular formula is C11H6F2NO2. The first-order chi connectivity index (χ1) is 7.59. The van der Waals surface area contributed by atoms with Crippen molar-refractivity contribution in [3.05, 3.63) is 58.5 Å². The van der Waals surface area contributed by atoms with Crippen molar-refractivity contribution in [1.29, 1.82) is 0 Å². The predicted molar refractivity (Wildman–Crippen MR) is 55.2 cm³/mol. The van der Waals surface area contributed by atoms with E-state index in [1.165, 1.54) is 30.3 Å². The van der Waals surface area contributed by atoms with Crippen LogP contribution < -0.4 is 0 Å². The molecule has 0 saturated carbocycles. The number of rotatable bonds is 2. The highest BCUT2D eigenvalue weighted by Gasteiger charge is 2.15. The van der Waals surface area contributed by atoms with Crippen LogP contribution >= 0.6 is 0 Å². The van der Waals surface area contributed by atoms with Crippen LogP contribution in [0.3, 0.4) is 0 Å². The number of nitro benzene ring substituents is 1. The zero-order valence-corrected chi connectivity index (χ0v) is 7.98. The Balaban J connectivity index is 2.68. The summed E-state index contributed by atoms with van der Waals surface area (Å²) >= 11 is 0. The Morgan fingerprint density at radius 2 is 1.94 bits per heavy atom. The van der Waals surface area contributed by atoms with Gasteiger partial charge in [0.25, 0.3) is 5.69 Å². The lowest BCUT2D eigenvalue weighted by Gasteiger charge is -2.03. The summed E-state index contributed by atoms with van der Waals surface area (Å²) in [5, 5.41) is 11.3. The van der Waals surface area contributed by atoms with Crippen molar-refractivity contribution >= 4 is 16.5 Å². The van der Waals surface area contributed by atoms with Crippen molar-refractivity contribution in [3.8, 4) is 0 Å². The average Bonchev–Trinajstić information content (AvgIpc) is 2.27. The maximum atomic E-state index is 12.5. The lowest BCUT2D eigenvalue weighted by Crippen LogP contribution is -1.90. The van der Waals surface area contributed by atoms with Gasteiger partial charge in [-0.15, -0.1) is 0 Å². The maximum Gasteiger partial charge on any atom is 0.340 e. The molecule has 0 aliphatic carbocycles. The third kappa shape index (κ3) is 1.71. The summed E-state index contributed by atoms with van der Waals surface area (Å²) in [6.07, 6.45) is -1.79. The first-order valence-corrected chi connectivity index (χ1v) is 4.45. The zero-order chi connectivity index (χ0) is 11.7. The Kier molecular flexibility index (Phi) is 2.52. The highest BCUT2D eigenvalue weighted by atomic mass is 19.3. The van der Waals surface area contributed by atoms with Gasteiger partial charge in [-0.1, -0.05) is 18.2 Å². The molecule has 2 aromatic carbocycles. The largest absolute Gasteiger partial charge is 0.340 e. The van der Waals surface area contributed by atoms with Crippen molar-refractivity contribution in [2.24, 2.45) is 0 Å². The molecule has 0 aliphatic rings. The molecule has 0 heterocycles. The summed E-state index contributed by atoms with van der Waals surface area (Å²) in [7, 11) is 0. The number of hydrogen-bond acceptors (Lipinski definition) is 2. The van der Waals surface area contributed by atoms with Gasteiger partial charge in [0.05, 0.1) is 4.92 Å². The second-order valence-corrected chi connectivity index (χ2v) is 3.23. The average molecular weight is 222 g/mol. The number of nitro groups is 1. The van der Waals surface area contributed by atoms with Crippen molar-refractivity contribution in [3.63, 3.8) is 0 Å². The van der Waals surface area contributed by atoms with Crippen LogP contribution in [0.5, 0.6) is 0 Å². The Morgan fingerprint density at radius 3 is 2.56 bits per heavy atom. The first kappa shape index (κ1) is 10.5. The van der Waals surface area contributed by atoms with Gasteiger partial charge in [-0.25, -0.2) is 0 Å². The van der Waals surface area contributed by atoms with Gasteiger partial charge in [0.1, 0.15) is 0 Å². The SMILES string of the molecule is O=[N+]([O-])c1ccc2c([C](F)F)cccc2c1. The van der Waals surface area contributed by atoms with Gasteiger partial charge >= 0.3 is 6.43 Å². The summed E-state index contributed by atoms with van der Waals surface area (Å²) in [6, 6.07) is 8.12. The van der Waals surface area contributed by atoms with Crippen LogP contribution in [0.15, 0.2) is 36.4 Å². The van der Waals surface area contributed by atoms with Crippen molar-refractivity contribution in [1.82, 2.24) is 0 Å². The number of hydrogen-bond donors (Lipinski definition) is 0. The van der Waals surface area contributed by atoms with E-state index in [-0.39, 0.29) is 11.3 Å². The van der Waals surface area contributed by atoms with E-state index in [9.17, 15) is 18.9 Å².